The molecule has 92 valence electrons. The van der Waals surface area contributed by atoms with Gasteiger partial charge in [0.15, 0.2) is 0 Å². The number of benzene rings is 1. The average Bonchev–Trinajstić information content (AvgIpc) is 2.35. The molecule has 3 heteroatoms. The van der Waals surface area contributed by atoms with E-state index in [2.05, 4.69) is 13.8 Å². The summed E-state index contributed by atoms with van der Waals surface area (Å²) in [6.45, 7) is 4.60. The molecule has 1 atom stereocenters. The van der Waals surface area contributed by atoms with Crippen LogP contribution in [-0.4, -0.2) is 12.6 Å². The molecule has 1 unspecified atom stereocenters. The first-order chi connectivity index (χ1) is 8.11. The van der Waals surface area contributed by atoms with E-state index in [0.717, 1.165) is 12.0 Å². The maximum absolute atomic E-state index is 11.4. The number of carbonyl (C=O) groups is 1. The van der Waals surface area contributed by atoms with E-state index >= 15 is 0 Å². The fraction of sp³-hybridized carbons (Fsp3) is 0.357. The van der Waals surface area contributed by atoms with Gasteiger partial charge < -0.3 is 10.5 Å². The van der Waals surface area contributed by atoms with E-state index in [1.165, 1.54) is 6.08 Å². The van der Waals surface area contributed by atoms with Crippen molar-refractivity contribution in [1.82, 2.24) is 0 Å². The third kappa shape index (κ3) is 5.20. The molecule has 0 bridgehead atoms. The number of hydrogen-bond acceptors (Lipinski definition) is 3. The van der Waals surface area contributed by atoms with Gasteiger partial charge in [-0.25, -0.2) is 4.79 Å². The molecule has 0 aromatic heterocycles. The van der Waals surface area contributed by atoms with Crippen LogP contribution in [0.1, 0.15) is 25.8 Å². The van der Waals surface area contributed by atoms with Gasteiger partial charge in [-0.1, -0.05) is 32.4 Å². The standard InChI is InChI=1S/C14H19NO2/c1-3-11(2)10-17-14(16)9-6-12-4-7-13(15)8-5-12/h4-9,11H,3,10,15H2,1-2H3. The largest absolute Gasteiger partial charge is 0.462 e. The zero-order valence-corrected chi connectivity index (χ0v) is 10.3. The average molecular weight is 233 g/mol. The molecule has 0 amide bonds. The number of hydrogen-bond donors (Lipinski definition) is 1. The fourth-order valence-corrected chi connectivity index (χ4v) is 1.16. The predicted octanol–water partition coefficient (Wildman–Crippen LogP) is 2.87. The summed E-state index contributed by atoms with van der Waals surface area (Å²) in [5.74, 6) is 0.103. The number of nitrogens with two attached hydrogens (primary N) is 1. The van der Waals surface area contributed by atoms with E-state index in [-0.39, 0.29) is 5.97 Å². The van der Waals surface area contributed by atoms with E-state index < -0.39 is 0 Å². The zero-order valence-electron chi connectivity index (χ0n) is 10.3. The van der Waals surface area contributed by atoms with Gasteiger partial charge in [0.2, 0.25) is 0 Å². The van der Waals surface area contributed by atoms with E-state index in [1.807, 2.05) is 12.1 Å². The highest BCUT2D eigenvalue weighted by molar-refractivity contribution is 5.87. The quantitative estimate of drug-likeness (QED) is 0.483. The first-order valence-corrected chi connectivity index (χ1v) is 5.82. The second-order valence-electron chi connectivity index (χ2n) is 4.14. The number of carbonyl (C=O) groups excluding carboxylic acids is 1. The van der Waals surface area contributed by atoms with Crippen molar-refractivity contribution in [2.45, 2.75) is 20.3 Å². The van der Waals surface area contributed by atoms with Gasteiger partial charge in [0.25, 0.3) is 0 Å². The third-order valence-electron chi connectivity index (χ3n) is 2.56. The number of esters is 1. The van der Waals surface area contributed by atoms with E-state index in [9.17, 15) is 4.79 Å². The maximum Gasteiger partial charge on any atom is 0.330 e. The van der Waals surface area contributed by atoms with Gasteiger partial charge in [-0.15, -0.1) is 0 Å². The van der Waals surface area contributed by atoms with Crippen LogP contribution in [0, 0.1) is 5.92 Å². The van der Waals surface area contributed by atoms with Crippen LogP contribution in [0.3, 0.4) is 0 Å². The molecule has 0 aliphatic rings. The molecule has 0 radical (unpaired) electrons. The van der Waals surface area contributed by atoms with Crippen LogP contribution >= 0.6 is 0 Å². The van der Waals surface area contributed by atoms with Crippen molar-refractivity contribution in [2.75, 3.05) is 12.3 Å². The molecule has 0 aliphatic carbocycles. The summed E-state index contributed by atoms with van der Waals surface area (Å²) in [6.07, 6.45) is 4.17. The van der Waals surface area contributed by atoms with Crippen molar-refractivity contribution in [3.05, 3.63) is 35.9 Å². The van der Waals surface area contributed by atoms with E-state index in [4.69, 9.17) is 10.5 Å². The van der Waals surface area contributed by atoms with Crippen LogP contribution < -0.4 is 5.73 Å². The smallest absolute Gasteiger partial charge is 0.330 e. The van der Waals surface area contributed by atoms with Crippen LogP contribution in [0.4, 0.5) is 5.69 Å². The first-order valence-electron chi connectivity index (χ1n) is 5.82. The Labute approximate surface area is 102 Å². The van der Waals surface area contributed by atoms with Crippen molar-refractivity contribution in [3.63, 3.8) is 0 Å². The number of ether oxygens (including phenoxy) is 1. The van der Waals surface area contributed by atoms with Gasteiger partial charge in [0.1, 0.15) is 0 Å². The van der Waals surface area contributed by atoms with Crippen molar-refractivity contribution in [1.29, 1.82) is 0 Å². The van der Waals surface area contributed by atoms with Crippen LogP contribution in [0.5, 0.6) is 0 Å². The molecule has 0 saturated carbocycles. The highest BCUT2D eigenvalue weighted by Crippen LogP contribution is 2.07. The molecule has 0 fully saturated rings. The Morgan fingerprint density at radius 2 is 2.06 bits per heavy atom. The van der Waals surface area contributed by atoms with Crippen LogP contribution in [0.2, 0.25) is 0 Å². The minimum atomic E-state index is -0.304. The molecule has 0 aliphatic heterocycles. The predicted molar refractivity (Wildman–Crippen MR) is 70.3 cm³/mol. The second-order valence-corrected chi connectivity index (χ2v) is 4.14. The van der Waals surface area contributed by atoms with Crippen molar-refractivity contribution < 1.29 is 9.53 Å². The SMILES string of the molecule is CCC(C)COC(=O)C=Cc1ccc(N)cc1. The van der Waals surface area contributed by atoms with Crippen molar-refractivity contribution in [3.8, 4) is 0 Å². The third-order valence-corrected chi connectivity index (χ3v) is 2.56. The first kappa shape index (κ1) is 13.3. The number of anilines is 1. The Bertz CT molecular complexity index is 382. The number of nitrogen functional groups attached to an aromatic ring is 1. The molecule has 1 rings (SSSR count). The maximum atomic E-state index is 11.4. The Kier molecular flexibility index (Phi) is 5.27. The summed E-state index contributed by atoms with van der Waals surface area (Å²) in [7, 11) is 0. The minimum absolute atomic E-state index is 0.304. The number of rotatable bonds is 5. The van der Waals surface area contributed by atoms with E-state index in [0.29, 0.717) is 18.2 Å². The highest BCUT2D eigenvalue weighted by Gasteiger charge is 2.02. The normalized spacial score (nSPS) is 12.6. The van der Waals surface area contributed by atoms with Gasteiger partial charge in [0.05, 0.1) is 6.61 Å². The molecular formula is C14H19NO2. The topological polar surface area (TPSA) is 52.3 Å². The molecule has 0 spiro atoms. The summed E-state index contributed by atoms with van der Waals surface area (Å²) in [5.41, 5.74) is 7.20. The molecule has 3 nitrogen and oxygen atoms in total. The van der Waals surface area contributed by atoms with Gasteiger partial charge in [-0.3, -0.25) is 0 Å². The van der Waals surface area contributed by atoms with E-state index in [1.54, 1.807) is 18.2 Å². The van der Waals surface area contributed by atoms with Gasteiger partial charge in [-0.05, 0) is 29.7 Å². The fourth-order valence-electron chi connectivity index (χ4n) is 1.16. The molecule has 0 saturated heterocycles. The Hall–Kier alpha value is -1.77. The zero-order chi connectivity index (χ0) is 12.7. The highest BCUT2D eigenvalue weighted by atomic mass is 16.5. The lowest BCUT2D eigenvalue weighted by molar-refractivity contribution is -0.138. The molecular weight excluding hydrogens is 214 g/mol. The lowest BCUT2D eigenvalue weighted by atomic mass is 10.1. The van der Waals surface area contributed by atoms with Gasteiger partial charge >= 0.3 is 5.97 Å². The molecule has 1 aromatic carbocycles. The summed E-state index contributed by atoms with van der Waals surface area (Å²) in [4.78, 5) is 11.4. The van der Waals surface area contributed by atoms with Gasteiger partial charge in [-0.2, -0.15) is 0 Å². The van der Waals surface area contributed by atoms with Gasteiger partial charge in [0, 0.05) is 11.8 Å². The Morgan fingerprint density at radius 3 is 2.65 bits per heavy atom. The molecule has 2 N–H and O–H groups in total. The molecule has 1 aromatic rings. The molecule has 0 heterocycles. The minimum Gasteiger partial charge on any atom is -0.462 e. The summed E-state index contributed by atoms with van der Waals surface area (Å²) in [5, 5.41) is 0. The Balaban J connectivity index is 2.42. The van der Waals surface area contributed by atoms with Crippen molar-refractivity contribution in [2.24, 2.45) is 5.92 Å². The van der Waals surface area contributed by atoms with Crippen LogP contribution in [-0.2, 0) is 9.53 Å². The lowest BCUT2D eigenvalue weighted by Crippen LogP contribution is -2.08. The molecule has 17 heavy (non-hydrogen) atoms. The monoisotopic (exact) mass is 233 g/mol. The lowest BCUT2D eigenvalue weighted by Gasteiger charge is -2.07. The van der Waals surface area contributed by atoms with Crippen LogP contribution in [0.25, 0.3) is 6.08 Å². The Morgan fingerprint density at radius 1 is 1.41 bits per heavy atom. The summed E-state index contributed by atoms with van der Waals surface area (Å²) < 4.78 is 5.09. The summed E-state index contributed by atoms with van der Waals surface area (Å²) >= 11 is 0. The second kappa shape index (κ2) is 6.74. The van der Waals surface area contributed by atoms with Crippen LogP contribution in [0.15, 0.2) is 30.3 Å². The van der Waals surface area contributed by atoms with Crippen molar-refractivity contribution >= 4 is 17.7 Å². The summed E-state index contributed by atoms with van der Waals surface area (Å²) in [6, 6.07) is 7.30.